The van der Waals surface area contributed by atoms with Crippen LogP contribution in [0.2, 0.25) is 0 Å². The molecule has 1 aliphatic carbocycles. The summed E-state index contributed by atoms with van der Waals surface area (Å²) < 4.78 is 10.7. The maximum absolute atomic E-state index is 12.2. The Labute approximate surface area is 158 Å². The van der Waals surface area contributed by atoms with E-state index in [1.165, 1.54) is 0 Å². The van der Waals surface area contributed by atoms with Gasteiger partial charge in [0.2, 0.25) is 0 Å². The van der Waals surface area contributed by atoms with Crippen molar-refractivity contribution < 1.29 is 24.2 Å². The fourth-order valence-electron chi connectivity index (χ4n) is 3.51. The van der Waals surface area contributed by atoms with Gasteiger partial charge < -0.3 is 19.9 Å². The minimum atomic E-state index is -1.17. The Balaban J connectivity index is 1.69. The molecule has 0 saturated heterocycles. The van der Waals surface area contributed by atoms with Crippen LogP contribution in [0.3, 0.4) is 0 Å². The van der Waals surface area contributed by atoms with E-state index in [9.17, 15) is 14.7 Å². The smallest absolute Gasteiger partial charge is 0.407 e. The number of hydrogen-bond acceptors (Lipinski definition) is 4. The number of carboxylic acid groups (broad SMARTS) is 1. The number of carbonyl (C=O) groups is 2. The average molecular weight is 369 g/mol. The van der Waals surface area contributed by atoms with Crippen LogP contribution in [-0.4, -0.2) is 42.5 Å². The standard InChI is InChI=1S/C21H23NO5/c1-3-26-13(2)19(20(23)24)22-21(25)27-12-18-16-10-6-4-8-14(16)15-9-5-7-11-17(15)18/h4-11,13,18-19H,3,12H2,1-2H3,(H,22,25)(H,23,24)/t13-,19+/m1/s1. The summed E-state index contributed by atoms with van der Waals surface area (Å²) >= 11 is 0. The molecule has 0 aromatic heterocycles. The molecule has 0 unspecified atom stereocenters. The highest BCUT2D eigenvalue weighted by atomic mass is 16.6. The van der Waals surface area contributed by atoms with Gasteiger partial charge in [-0.3, -0.25) is 0 Å². The van der Waals surface area contributed by atoms with Gasteiger partial charge in [-0.2, -0.15) is 0 Å². The summed E-state index contributed by atoms with van der Waals surface area (Å²) in [5.74, 6) is -1.24. The minimum Gasteiger partial charge on any atom is -0.480 e. The van der Waals surface area contributed by atoms with Crippen LogP contribution in [0, 0.1) is 0 Å². The fourth-order valence-corrected chi connectivity index (χ4v) is 3.51. The molecule has 27 heavy (non-hydrogen) atoms. The molecule has 2 atom stereocenters. The molecule has 1 aliphatic rings. The highest BCUT2D eigenvalue weighted by Gasteiger charge is 2.31. The molecule has 0 aliphatic heterocycles. The molecule has 0 spiro atoms. The van der Waals surface area contributed by atoms with Crippen LogP contribution in [0.4, 0.5) is 4.79 Å². The predicted octanol–water partition coefficient (Wildman–Crippen LogP) is 3.40. The molecular weight excluding hydrogens is 346 g/mol. The van der Waals surface area contributed by atoms with Crippen LogP contribution in [0.5, 0.6) is 0 Å². The highest BCUT2D eigenvalue weighted by Crippen LogP contribution is 2.44. The zero-order valence-electron chi connectivity index (χ0n) is 15.3. The van der Waals surface area contributed by atoms with Gasteiger partial charge in [0.15, 0.2) is 6.04 Å². The van der Waals surface area contributed by atoms with Gasteiger partial charge in [0.25, 0.3) is 0 Å². The van der Waals surface area contributed by atoms with E-state index in [0.717, 1.165) is 22.3 Å². The van der Waals surface area contributed by atoms with Crippen molar-refractivity contribution in [1.29, 1.82) is 0 Å². The molecule has 0 bridgehead atoms. The lowest BCUT2D eigenvalue weighted by molar-refractivity contribution is -0.143. The van der Waals surface area contributed by atoms with Gasteiger partial charge in [0.1, 0.15) is 6.61 Å². The Morgan fingerprint density at radius 2 is 1.63 bits per heavy atom. The van der Waals surface area contributed by atoms with Gasteiger partial charge >= 0.3 is 12.1 Å². The summed E-state index contributed by atoms with van der Waals surface area (Å²) in [7, 11) is 0. The van der Waals surface area contributed by atoms with E-state index in [4.69, 9.17) is 9.47 Å². The van der Waals surface area contributed by atoms with E-state index in [1.54, 1.807) is 13.8 Å². The van der Waals surface area contributed by atoms with E-state index in [2.05, 4.69) is 17.4 Å². The number of ether oxygens (including phenoxy) is 2. The molecule has 2 aromatic rings. The predicted molar refractivity (Wildman–Crippen MR) is 101 cm³/mol. The Morgan fingerprint density at radius 1 is 1.07 bits per heavy atom. The molecule has 0 radical (unpaired) electrons. The lowest BCUT2D eigenvalue weighted by atomic mass is 9.98. The van der Waals surface area contributed by atoms with E-state index >= 15 is 0 Å². The number of aliphatic carboxylic acids is 1. The second kappa shape index (κ2) is 8.22. The summed E-state index contributed by atoms with van der Waals surface area (Å²) in [6.45, 7) is 3.86. The first-order chi connectivity index (χ1) is 13.0. The largest absolute Gasteiger partial charge is 0.480 e. The molecule has 142 valence electrons. The van der Waals surface area contributed by atoms with Crippen LogP contribution in [0.1, 0.15) is 30.9 Å². The number of amides is 1. The van der Waals surface area contributed by atoms with Crippen molar-refractivity contribution in [3.63, 3.8) is 0 Å². The van der Waals surface area contributed by atoms with Gasteiger partial charge in [0, 0.05) is 12.5 Å². The molecule has 3 rings (SSSR count). The third kappa shape index (κ3) is 3.95. The second-order valence-corrected chi connectivity index (χ2v) is 6.45. The Bertz CT molecular complexity index is 789. The van der Waals surface area contributed by atoms with Crippen molar-refractivity contribution in [2.45, 2.75) is 31.9 Å². The lowest BCUT2D eigenvalue weighted by Crippen LogP contribution is -2.49. The summed E-state index contributed by atoms with van der Waals surface area (Å²) in [5, 5.41) is 11.7. The van der Waals surface area contributed by atoms with Crippen molar-refractivity contribution >= 4 is 12.1 Å². The Morgan fingerprint density at radius 3 is 2.15 bits per heavy atom. The SMILES string of the molecule is CCO[C@H](C)[C@H](NC(=O)OCC1c2ccccc2-c2ccccc21)C(=O)O. The van der Waals surface area contributed by atoms with Gasteiger partial charge in [-0.15, -0.1) is 0 Å². The number of carbonyl (C=O) groups excluding carboxylic acids is 1. The van der Waals surface area contributed by atoms with Crippen LogP contribution in [-0.2, 0) is 14.3 Å². The second-order valence-electron chi connectivity index (χ2n) is 6.45. The third-order valence-electron chi connectivity index (χ3n) is 4.78. The van der Waals surface area contributed by atoms with Crippen molar-refractivity contribution in [3.8, 4) is 11.1 Å². The van der Waals surface area contributed by atoms with Crippen molar-refractivity contribution in [2.24, 2.45) is 0 Å². The van der Waals surface area contributed by atoms with Gasteiger partial charge in [-0.1, -0.05) is 48.5 Å². The molecule has 2 N–H and O–H groups in total. The van der Waals surface area contributed by atoms with Crippen molar-refractivity contribution in [1.82, 2.24) is 5.32 Å². The number of carboxylic acids is 1. The number of nitrogens with one attached hydrogen (secondary N) is 1. The molecule has 6 nitrogen and oxygen atoms in total. The van der Waals surface area contributed by atoms with Crippen LogP contribution in [0.25, 0.3) is 11.1 Å². The highest BCUT2D eigenvalue weighted by molar-refractivity contribution is 5.81. The van der Waals surface area contributed by atoms with Crippen LogP contribution in [0.15, 0.2) is 48.5 Å². The molecule has 6 heteroatoms. The van der Waals surface area contributed by atoms with E-state index in [-0.39, 0.29) is 12.5 Å². The van der Waals surface area contributed by atoms with E-state index in [1.807, 2.05) is 36.4 Å². The number of hydrogen-bond donors (Lipinski definition) is 2. The first-order valence-corrected chi connectivity index (χ1v) is 8.98. The Kier molecular flexibility index (Phi) is 5.76. The number of benzene rings is 2. The van der Waals surface area contributed by atoms with E-state index in [0.29, 0.717) is 6.61 Å². The van der Waals surface area contributed by atoms with Crippen LogP contribution >= 0.6 is 0 Å². The normalized spacial score (nSPS) is 14.7. The molecule has 0 fully saturated rings. The first kappa shape index (κ1) is 18.9. The third-order valence-corrected chi connectivity index (χ3v) is 4.78. The summed E-state index contributed by atoms with van der Waals surface area (Å²) in [6.07, 6.45) is -1.43. The van der Waals surface area contributed by atoms with E-state index < -0.39 is 24.2 Å². The van der Waals surface area contributed by atoms with Gasteiger partial charge in [0.05, 0.1) is 6.10 Å². The number of alkyl carbamates (subject to hydrolysis) is 1. The topological polar surface area (TPSA) is 84.9 Å². The zero-order chi connectivity index (χ0) is 19.4. The Hall–Kier alpha value is -2.86. The maximum Gasteiger partial charge on any atom is 0.407 e. The lowest BCUT2D eigenvalue weighted by Gasteiger charge is -2.21. The minimum absolute atomic E-state index is 0.0734. The molecule has 2 aromatic carbocycles. The molecule has 1 amide bonds. The number of fused-ring (bicyclic) bond motifs is 3. The quantitative estimate of drug-likeness (QED) is 0.781. The summed E-state index contributed by atoms with van der Waals surface area (Å²) in [4.78, 5) is 23.6. The summed E-state index contributed by atoms with van der Waals surface area (Å²) in [5.41, 5.74) is 4.47. The molecule has 0 heterocycles. The number of rotatable bonds is 7. The first-order valence-electron chi connectivity index (χ1n) is 8.98. The summed E-state index contributed by atoms with van der Waals surface area (Å²) in [6, 6.07) is 14.9. The molecular formula is C21H23NO5. The van der Waals surface area contributed by atoms with Gasteiger partial charge in [-0.25, -0.2) is 9.59 Å². The monoisotopic (exact) mass is 369 g/mol. The van der Waals surface area contributed by atoms with Crippen molar-refractivity contribution in [3.05, 3.63) is 59.7 Å². The zero-order valence-corrected chi connectivity index (χ0v) is 15.3. The fraction of sp³-hybridized carbons (Fsp3) is 0.333. The maximum atomic E-state index is 12.2. The molecule has 0 saturated carbocycles. The average Bonchev–Trinajstić information content (AvgIpc) is 2.98. The van der Waals surface area contributed by atoms with Crippen LogP contribution < -0.4 is 5.32 Å². The van der Waals surface area contributed by atoms with Gasteiger partial charge in [-0.05, 0) is 36.1 Å². The van der Waals surface area contributed by atoms with Crippen molar-refractivity contribution in [2.75, 3.05) is 13.2 Å².